The van der Waals surface area contributed by atoms with Crippen molar-refractivity contribution < 1.29 is 22.2 Å². The topological polar surface area (TPSA) is 0 Å². The maximum absolute atomic E-state index is 5.75. The Kier molecular flexibility index (Phi) is 1.30. The van der Waals surface area contributed by atoms with Gasteiger partial charge >= 0.3 is 0 Å². The van der Waals surface area contributed by atoms with E-state index in [1.165, 1.54) is 7.40 Å². The molecule has 0 aromatic carbocycles. The van der Waals surface area contributed by atoms with Crippen molar-refractivity contribution in [2.45, 2.75) is 46.4 Å². The summed E-state index contributed by atoms with van der Waals surface area (Å²) in [6, 6.07) is 0. The summed E-state index contributed by atoms with van der Waals surface area (Å²) in [6.07, 6.45) is 7.96. The molecule has 4 rings (SSSR count). The lowest BCUT2D eigenvalue weighted by atomic mass is 9.52. The van der Waals surface area contributed by atoms with Crippen molar-refractivity contribution in [3.05, 3.63) is 0 Å². The van der Waals surface area contributed by atoms with Gasteiger partial charge in [-0.3, -0.25) is 0 Å². The van der Waals surface area contributed by atoms with Gasteiger partial charge in [-0.25, -0.2) is 0 Å². The Morgan fingerprint density at radius 1 is 1.08 bits per heavy atom. The average molecular weight is 232 g/mol. The van der Waals surface area contributed by atoms with Crippen molar-refractivity contribution in [1.82, 2.24) is 0 Å². The SMILES string of the molecule is CC1C2CC3CC(C2)CC1C3.Cl.[2H]C.[2H][2H].[2H][2H].[2H][2H].[2H][2H].[2H][2H].[2H][2H].[2H][2H]. The summed E-state index contributed by atoms with van der Waals surface area (Å²) < 4.78 is 75.8. The molecule has 4 fully saturated rings. The molecule has 4 aliphatic carbocycles. The van der Waals surface area contributed by atoms with Crippen LogP contribution >= 0.6 is 12.4 Å². The molecular weight excluding hydrogens is 180 g/mol. The number of rotatable bonds is 0. The van der Waals surface area contributed by atoms with Crippen molar-refractivity contribution in [1.29, 1.82) is 0 Å². The number of hydrogen-bond acceptors (Lipinski definition) is 0. The minimum atomic E-state index is 0. The predicted molar refractivity (Wildman–Crippen MR) is 75.0 cm³/mol. The summed E-state index contributed by atoms with van der Waals surface area (Å²) in [6.45, 7) is 2.51. The molecule has 0 unspecified atom stereocenters. The van der Waals surface area contributed by atoms with Crippen molar-refractivity contribution in [2.24, 2.45) is 29.6 Å². The normalized spacial score (nSPS) is 55.8. The van der Waals surface area contributed by atoms with E-state index in [9.17, 15) is 0 Å². The molecule has 0 amide bonds. The summed E-state index contributed by atoms with van der Waals surface area (Å²) >= 11 is 0. The minimum Gasteiger partial charge on any atom is -0.147 e. The van der Waals surface area contributed by atoms with Crippen LogP contribution < -0.4 is 0 Å². The van der Waals surface area contributed by atoms with E-state index in [2.05, 4.69) is 6.92 Å². The fourth-order valence-electron chi connectivity index (χ4n) is 4.20. The zero-order valence-corrected chi connectivity index (χ0v) is 9.65. The van der Waals surface area contributed by atoms with Gasteiger partial charge in [-0.2, -0.15) is 0 Å². The van der Waals surface area contributed by atoms with E-state index >= 15 is 0 Å². The monoisotopic (exact) mass is 231 g/mol. The fourth-order valence-corrected chi connectivity index (χ4v) is 4.20. The van der Waals surface area contributed by atoms with Crippen LogP contribution in [0.15, 0.2) is 0 Å². The molecule has 0 atom stereocenters. The molecule has 0 aromatic rings. The maximum Gasteiger partial charge on any atom is 0.0194 e. The predicted octanol–water partition coefficient (Wildman–Crippen LogP) is 5.86. The van der Waals surface area contributed by atoms with Crippen molar-refractivity contribution >= 4 is 12.4 Å². The highest BCUT2D eigenvalue weighted by Gasteiger charge is 2.45. The first kappa shape index (κ1) is 4.43. The van der Waals surface area contributed by atoms with Gasteiger partial charge in [-0.1, -0.05) is 14.3 Å². The van der Waals surface area contributed by atoms with E-state index in [0.29, 0.717) is 0 Å². The van der Waals surface area contributed by atoms with Gasteiger partial charge in [0, 0.05) is 22.2 Å². The molecule has 0 aromatic heterocycles. The molecule has 0 N–H and O–H groups in total. The first-order valence-electron chi connectivity index (χ1n) is 13.3. The zero-order valence-electron chi connectivity index (χ0n) is 23.8. The lowest BCUT2D eigenvalue weighted by Crippen LogP contribution is -2.43. The molecule has 13 heavy (non-hydrogen) atoms. The van der Waals surface area contributed by atoms with E-state index in [0.717, 1.165) is 29.6 Å². The Balaban J connectivity index is -0.0000000450. The Labute approximate surface area is 112 Å². The minimum absolute atomic E-state index is 0. The van der Waals surface area contributed by atoms with Crippen LogP contribution in [-0.4, -0.2) is 0 Å². The van der Waals surface area contributed by atoms with Crippen LogP contribution in [0.5, 0.6) is 0 Å². The lowest BCUT2D eigenvalue weighted by Gasteiger charge is -2.53. The van der Waals surface area contributed by atoms with Crippen molar-refractivity contribution in [2.75, 3.05) is 0 Å². The first-order valence-corrected chi connectivity index (χ1v) is 5.33. The molecule has 0 aliphatic heterocycles. The molecule has 1 heteroatoms. The quantitative estimate of drug-likeness (QED) is 0.490. The van der Waals surface area contributed by atoms with E-state index in [-0.39, 0.29) is 12.4 Å². The first-order chi connectivity index (χ1) is 13.3. The summed E-state index contributed by atoms with van der Waals surface area (Å²) in [5.74, 6) is 5.70. The highest BCUT2D eigenvalue weighted by molar-refractivity contribution is 5.85. The van der Waals surface area contributed by atoms with Crippen molar-refractivity contribution in [3.8, 4) is 0 Å². The average Bonchev–Trinajstić information content (AvgIpc) is 2.82. The third kappa shape index (κ3) is 1.63. The smallest absolute Gasteiger partial charge is 0.0194 e. The molecule has 92 valence electrons. The fraction of sp³-hybridized carbons (Fsp3) is 1.00. The van der Waals surface area contributed by atoms with Gasteiger partial charge < -0.3 is 0 Å². The van der Waals surface area contributed by atoms with E-state index in [4.69, 9.17) is 22.2 Å². The largest absolute Gasteiger partial charge is 0.147 e. The summed E-state index contributed by atoms with van der Waals surface area (Å²) in [5, 5.41) is 0. The zero-order chi connectivity index (χ0) is 23.4. The Morgan fingerprint density at radius 3 is 1.85 bits per heavy atom. The van der Waals surface area contributed by atoms with E-state index < -0.39 is 0 Å². The van der Waals surface area contributed by atoms with Gasteiger partial charge in [0.2, 0.25) is 0 Å². The number of halogens is 1. The third-order valence-electron chi connectivity index (χ3n) is 4.70. The van der Waals surface area contributed by atoms with Gasteiger partial charge in [0.15, 0.2) is 0 Å². The van der Waals surface area contributed by atoms with Gasteiger partial charge in [-0.15, -0.1) is 12.4 Å². The van der Waals surface area contributed by atoms with E-state index in [1.807, 2.05) is 0 Å². The Morgan fingerprint density at radius 2 is 1.46 bits per heavy atom. The highest BCUT2D eigenvalue weighted by atomic mass is 35.5. The van der Waals surface area contributed by atoms with Gasteiger partial charge in [-0.05, 0) is 61.7 Å². The van der Waals surface area contributed by atoms with Gasteiger partial charge in [0.1, 0.15) is 0 Å². The molecule has 0 saturated heterocycles. The maximum atomic E-state index is 5.75. The van der Waals surface area contributed by atoms with Crippen molar-refractivity contribution in [3.63, 3.8) is 0 Å². The van der Waals surface area contributed by atoms with Crippen LogP contribution in [0.1, 0.15) is 68.6 Å². The lowest BCUT2D eigenvalue weighted by molar-refractivity contribution is -0.0282. The molecule has 0 radical (unpaired) electrons. The van der Waals surface area contributed by atoms with Crippen LogP contribution in [0.25, 0.3) is 0 Å². The van der Waals surface area contributed by atoms with Crippen LogP contribution in [0.3, 0.4) is 0 Å². The van der Waals surface area contributed by atoms with Crippen LogP contribution in [0, 0.1) is 29.6 Å². The van der Waals surface area contributed by atoms with E-state index in [1.54, 1.807) is 32.1 Å². The molecule has 0 nitrogen and oxygen atoms in total. The molecular formula is C12H37Cl. The Hall–Kier alpha value is 0.290. The second-order valence-corrected chi connectivity index (χ2v) is 5.29. The second kappa shape index (κ2) is 3.81. The standard InChI is InChI=1S/C11H18.CH4.ClH.7H2/c1-7-10-3-8-2-9(5-10)6-11(7)4-8;;;;;;;;;/h7-11H,2-6H2,1H3;1H4;8*1H/i;1D;;7*1+1D. The highest BCUT2D eigenvalue weighted by Crippen LogP contribution is 2.56. The molecule has 0 spiro atoms. The van der Waals surface area contributed by atoms with Crippen LogP contribution in [0.4, 0.5) is 0 Å². The second-order valence-electron chi connectivity index (χ2n) is 5.29. The Bertz CT molecular complexity index is 176. The third-order valence-corrected chi connectivity index (χ3v) is 4.70. The summed E-state index contributed by atoms with van der Waals surface area (Å²) in [7, 11) is 1.25. The van der Waals surface area contributed by atoms with Gasteiger partial charge in [0.25, 0.3) is 0 Å². The molecule has 0 heterocycles. The number of hydrogen-bond donors (Lipinski definition) is 0. The summed E-state index contributed by atoms with van der Waals surface area (Å²) in [5.41, 5.74) is 0. The van der Waals surface area contributed by atoms with Gasteiger partial charge in [0.05, 0.1) is 0 Å². The van der Waals surface area contributed by atoms with Crippen LogP contribution in [-0.2, 0) is 0 Å². The molecule has 4 saturated carbocycles. The molecule has 4 aliphatic rings. The summed E-state index contributed by atoms with van der Waals surface area (Å²) in [4.78, 5) is 0. The van der Waals surface area contributed by atoms with Crippen LogP contribution in [0.2, 0.25) is 0 Å². The molecule has 4 bridgehead atoms.